The van der Waals surface area contributed by atoms with Crippen molar-refractivity contribution in [2.75, 3.05) is 48.3 Å². The Morgan fingerprint density at radius 3 is 2.38 bits per heavy atom. The first-order chi connectivity index (χ1) is 14.0. The van der Waals surface area contributed by atoms with Gasteiger partial charge in [-0.1, -0.05) is 6.07 Å². The van der Waals surface area contributed by atoms with Gasteiger partial charge < -0.3 is 20.0 Å². The van der Waals surface area contributed by atoms with Crippen LogP contribution in [0, 0.1) is 0 Å². The first kappa shape index (κ1) is 19.5. The van der Waals surface area contributed by atoms with Crippen LogP contribution in [0.2, 0.25) is 0 Å². The summed E-state index contributed by atoms with van der Waals surface area (Å²) in [6.07, 6.45) is 1.45. The zero-order valence-electron chi connectivity index (χ0n) is 17.1. The van der Waals surface area contributed by atoms with E-state index in [1.165, 1.54) is 0 Å². The second kappa shape index (κ2) is 8.25. The molecule has 1 unspecified atom stereocenters. The first-order valence-corrected chi connectivity index (χ1v) is 10.3. The number of nitrogens with zero attached hydrogens (tertiary/aromatic N) is 3. The molecule has 0 spiro atoms. The zero-order valence-corrected chi connectivity index (χ0v) is 17.1. The van der Waals surface area contributed by atoms with E-state index in [9.17, 15) is 9.59 Å². The van der Waals surface area contributed by atoms with E-state index in [0.29, 0.717) is 17.7 Å². The lowest BCUT2D eigenvalue weighted by atomic mass is 10.1. The minimum atomic E-state index is -0.145. The Kier molecular flexibility index (Phi) is 5.53. The standard InChI is InChI=1S/C23H28N4O2/c1-17-6-11-22(28)27(17)21-5-3-4-19(16-21)24-23(29)18-7-9-20(10-8-18)26-14-12-25(2)13-15-26/h3-5,7-10,16-17H,6,11-15H2,1-2H3,(H,24,29). The maximum atomic E-state index is 12.7. The third-order valence-corrected chi connectivity index (χ3v) is 5.87. The minimum Gasteiger partial charge on any atom is -0.369 e. The number of benzene rings is 2. The number of anilines is 3. The molecule has 0 saturated carbocycles. The quantitative estimate of drug-likeness (QED) is 0.868. The van der Waals surface area contributed by atoms with Crippen molar-refractivity contribution < 1.29 is 9.59 Å². The van der Waals surface area contributed by atoms with E-state index >= 15 is 0 Å². The van der Waals surface area contributed by atoms with Crippen molar-refractivity contribution in [1.82, 2.24) is 4.90 Å². The molecule has 6 heteroatoms. The highest BCUT2D eigenvalue weighted by Crippen LogP contribution is 2.28. The van der Waals surface area contributed by atoms with Crippen LogP contribution < -0.4 is 15.1 Å². The number of rotatable bonds is 4. The highest BCUT2D eigenvalue weighted by molar-refractivity contribution is 6.05. The summed E-state index contributed by atoms with van der Waals surface area (Å²) < 4.78 is 0. The fourth-order valence-electron chi connectivity index (χ4n) is 4.05. The van der Waals surface area contributed by atoms with Crippen LogP contribution in [0.3, 0.4) is 0 Å². The normalized spacial score (nSPS) is 20.2. The van der Waals surface area contributed by atoms with Crippen molar-refractivity contribution in [3.8, 4) is 0 Å². The van der Waals surface area contributed by atoms with Crippen LogP contribution in [0.5, 0.6) is 0 Å². The maximum absolute atomic E-state index is 12.7. The summed E-state index contributed by atoms with van der Waals surface area (Å²) >= 11 is 0. The molecule has 4 rings (SSSR count). The third kappa shape index (κ3) is 4.27. The van der Waals surface area contributed by atoms with Gasteiger partial charge in [-0.25, -0.2) is 0 Å². The van der Waals surface area contributed by atoms with Gasteiger partial charge in [0.2, 0.25) is 5.91 Å². The molecule has 0 radical (unpaired) electrons. The van der Waals surface area contributed by atoms with Gasteiger partial charge >= 0.3 is 0 Å². The molecule has 2 amide bonds. The van der Waals surface area contributed by atoms with Crippen molar-refractivity contribution in [2.24, 2.45) is 0 Å². The third-order valence-electron chi connectivity index (χ3n) is 5.87. The number of nitrogens with one attached hydrogen (secondary N) is 1. The van der Waals surface area contributed by atoms with Crippen LogP contribution in [0.15, 0.2) is 48.5 Å². The fraction of sp³-hybridized carbons (Fsp3) is 0.391. The Hall–Kier alpha value is -2.86. The summed E-state index contributed by atoms with van der Waals surface area (Å²) in [6, 6.07) is 15.5. The van der Waals surface area contributed by atoms with Gasteiger partial charge in [0, 0.05) is 61.3 Å². The molecule has 0 bridgehead atoms. The zero-order chi connectivity index (χ0) is 20.4. The van der Waals surface area contributed by atoms with Gasteiger partial charge in [-0.2, -0.15) is 0 Å². The van der Waals surface area contributed by atoms with Crippen LogP contribution in [-0.4, -0.2) is 56.0 Å². The van der Waals surface area contributed by atoms with E-state index in [0.717, 1.165) is 44.0 Å². The second-order valence-electron chi connectivity index (χ2n) is 7.99. The molecule has 1 N–H and O–H groups in total. The summed E-state index contributed by atoms with van der Waals surface area (Å²) in [7, 11) is 2.14. The Morgan fingerprint density at radius 1 is 1.00 bits per heavy atom. The molecule has 6 nitrogen and oxygen atoms in total. The molecule has 1 atom stereocenters. The van der Waals surface area contributed by atoms with Crippen LogP contribution in [0.1, 0.15) is 30.1 Å². The highest BCUT2D eigenvalue weighted by atomic mass is 16.2. The summed E-state index contributed by atoms with van der Waals surface area (Å²) in [4.78, 5) is 31.3. The van der Waals surface area contributed by atoms with Gasteiger partial charge in [0.05, 0.1) is 0 Å². The lowest BCUT2D eigenvalue weighted by Crippen LogP contribution is -2.44. The molecular formula is C23H28N4O2. The molecule has 2 aliphatic heterocycles. The van der Waals surface area contributed by atoms with Crippen LogP contribution in [0.4, 0.5) is 17.1 Å². The van der Waals surface area contributed by atoms with Crippen LogP contribution in [-0.2, 0) is 4.79 Å². The van der Waals surface area contributed by atoms with Crippen LogP contribution in [0.25, 0.3) is 0 Å². The number of hydrogen-bond acceptors (Lipinski definition) is 4. The summed E-state index contributed by atoms with van der Waals surface area (Å²) in [5.74, 6) is -0.00616. The molecule has 2 aromatic rings. The predicted octanol–water partition coefficient (Wildman–Crippen LogP) is 3.21. The fourth-order valence-corrected chi connectivity index (χ4v) is 4.05. The molecule has 2 saturated heterocycles. The Balaban J connectivity index is 1.43. The molecule has 29 heavy (non-hydrogen) atoms. The summed E-state index contributed by atoms with van der Waals surface area (Å²) in [5, 5.41) is 2.96. The van der Waals surface area contributed by atoms with Gasteiger partial charge in [0.25, 0.3) is 5.91 Å². The van der Waals surface area contributed by atoms with Crippen molar-refractivity contribution in [3.63, 3.8) is 0 Å². The molecule has 2 heterocycles. The van der Waals surface area contributed by atoms with Crippen molar-refractivity contribution in [1.29, 1.82) is 0 Å². The van der Waals surface area contributed by atoms with Gasteiger partial charge in [-0.15, -0.1) is 0 Å². The average molecular weight is 393 g/mol. The second-order valence-corrected chi connectivity index (χ2v) is 7.99. The SMILES string of the molecule is CC1CCC(=O)N1c1cccc(NC(=O)c2ccc(N3CCN(C)CC3)cc2)c1. The molecule has 2 aromatic carbocycles. The van der Waals surface area contributed by atoms with Gasteiger partial charge in [0.1, 0.15) is 0 Å². The van der Waals surface area contributed by atoms with Gasteiger partial charge in [-0.3, -0.25) is 9.59 Å². The number of amides is 2. The Bertz CT molecular complexity index is 888. The topological polar surface area (TPSA) is 55.9 Å². The van der Waals surface area contributed by atoms with E-state index in [4.69, 9.17) is 0 Å². The van der Waals surface area contributed by atoms with Crippen molar-refractivity contribution >= 4 is 28.9 Å². The molecule has 2 fully saturated rings. The molecule has 2 aliphatic rings. The maximum Gasteiger partial charge on any atom is 0.255 e. The van der Waals surface area contributed by atoms with E-state index < -0.39 is 0 Å². The largest absolute Gasteiger partial charge is 0.369 e. The number of likely N-dealkylation sites (N-methyl/N-ethyl adjacent to an activating group) is 1. The minimum absolute atomic E-state index is 0.139. The van der Waals surface area contributed by atoms with Crippen LogP contribution >= 0.6 is 0 Å². The Morgan fingerprint density at radius 2 is 1.72 bits per heavy atom. The number of hydrogen-bond donors (Lipinski definition) is 1. The van der Waals surface area contributed by atoms with Crippen molar-refractivity contribution in [3.05, 3.63) is 54.1 Å². The molecule has 152 valence electrons. The monoisotopic (exact) mass is 392 g/mol. The predicted molar refractivity (Wildman–Crippen MR) is 117 cm³/mol. The summed E-state index contributed by atoms with van der Waals surface area (Å²) in [6.45, 7) is 6.16. The number of piperazine rings is 1. The number of carbonyl (C=O) groups excluding carboxylic acids is 2. The van der Waals surface area contributed by atoms with E-state index in [1.807, 2.05) is 53.4 Å². The van der Waals surface area contributed by atoms with E-state index in [1.54, 1.807) is 0 Å². The lowest BCUT2D eigenvalue weighted by Gasteiger charge is -2.34. The van der Waals surface area contributed by atoms with Gasteiger partial charge in [-0.05, 0) is 62.9 Å². The molecule has 0 aliphatic carbocycles. The number of carbonyl (C=O) groups is 2. The molecular weight excluding hydrogens is 364 g/mol. The van der Waals surface area contributed by atoms with E-state index in [-0.39, 0.29) is 17.9 Å². The first-order valence-electron chi connectivity index (χ1n) is 10.3. The highest BCUT2D eigenvalue weighted by Gasteiger charge is 2.28. The van der Waals surface area contributed by atoms with Gasteiger partial charge in [0.15, 0.2) is 0 Å². The Labute approximate surface area is 172 Å². The van der Waals surface area contributed by atoms with E-state index in [2.05, 4.69) is 29.1 Å². The average Bonchev–Trinajstić information content (AvgIpc) is 3.07. The summed E-state index contributed by atoms with van der Waals surface area (Å²) in [5.41, 5.74) is 3.31. The van der Waals surface area contributed by atoms with Crippen molar-refractivity contribution in [2.45, 2.75) is 25.8 Å². The lowest BCUT2D eigenvalue weighted by molar-refractivity contribution is -0.117. The molecule has 0 aromatic heterocycles. The smallest absolute Gasteiger partial charge is 0.255 e.